The number of nitrogens with zero attached hydrogens (tertiary/aromatic N) is 3. The minimum Gasteiger partial charge on any atom is -0.307 e. The molecule has 8 aromatic carbocycles. The van der Waals surface area contributed by atoms with E-state index in [0.29, 0.717) is 0 Å². The van der Waals surface area contributed by atoms with Gasteiger partial charge >= 0.3 is 0 Å². The Balaban J connectivity index is 1.28. The lowest BCUT2D eigenvalue weighted by Crippen LogP contribution is -1.98. The predicted molar refractivity (Wildman–Crippen MR) is 225 cm³/mol. The normalized spacial score (nSPS) is 12.3. The molecule has 0 N–H and O–H groups in total. The first kappa shape index (κ1) is 28.8. The van der Waals surface area contributed by atoms with Crippen LogP contribution in [0.3, 0.4) is 0 Å². The molecule has 0 fully saturated rings. The van der Waals surface area contributed by atoms with Gasteiger partial charge in [0, 0.05) is 47.3 Å². The Hall–Kier alpha value is -5.85. The summed E-state index contributed by atoms with van der Waals surface area (Å²) < 4.78 is 7.36. The zero-order valence-electron chi connectivity index (χ0n) is 27.4. The Morgan fingerprint density at radius 3 is 1.88 bits per heavy atom. The molecule has 0 amide bonds. The minimum atomic E-state index is 0.257. The second-order valence-corrected chi connectivity index (χ2v) is 15.8. The molecule has 0 atom stereocenters. The van der Waals surface area contributed by atoms with Crippen LogP contribution in [-0.2, 0) is 0 Å². The first-order chi connectivity index (χ1) is 25.7. The predicted octanol–water partition coefficient (Wildman–Crippen LogP) is 14.1. The van der Waals surface area contributed by atoms with Crippen LogP contribution in [0.25, 0.3) is 112 Å². The van der Waals surface area contributed by atoms with Gasteiger partial charge in [-0.3, -0.25) is 0 Å². The molecule has 0 saturated carbocycles. The first-order valence-electron chi connectivity index (χ1n) is 17.3. The quantitative estimate of drug-likeness (QED) is 0.167. The number of benzene rings is 8. The summed E-state index contributed by atoms with van der Waals surface area (Å²) in [7, 11) is 0. The summed E-state index contributed by atoms with van der Waals surface area (Å²) in [5, 5.41) is 13.9. The smallest absolute Gasteiger partial charge is 0.223 e. The van der Waals surface area contributed by atoms with Crippen molar-refractivity contribution in [2.75, 3.05) is 0 Å². The third kappa shape index (κ3) is 3.80. The number of rotatable bonds is 2. The third-order valence-corrected chi connectivity index (χ3v) is 13.2. The Morgan fingerprint density at radius 2 is 1.08 bits per heavy atom. The molecule has 242 valence electrons. The molecule has 4 aromatic heterocycles. The van der Waals surface area contributed by atoms with Crippen LogP contribution in [0, 0.1) is 0 Å². The van der Waals surface area contributed by atoms with Crippen molar-refractivity contribution in [3.63, 3.8) is 0 Å². The Bertz CT molecular complexity index is 3500. The van der Waals surface area contributed by atoms with Gasteiger partial charge in [0.05, 0.1) is 37.3 Å². The van der Waals surface area contributed by atoms with Gasteiger partial charge in [-0.05, 0) is 62.8 Å². The molecule has 0 radical (unpaired) electrons. The van der Waals surface area contributed by atoms with E-state index in [1.165, 1.54) is 68.2 Å². The summed E-state index contributed by atoms with van der Waals surface area (Å²) in [6, 6.07) is 52.9. The maximum Gasteiger partial charge on any atom is 0.223 e. The van der Waals surface area contributed by atoms with Crippen molar-refractivity contribution in [2.24, 2.45) is 0 Å². The molecule has 52 heavy (non-hydrogen) atoms. The van der Waals surface area contributed by atoms with E-state index >= 15 is 0 Å². The van der Waals surface area contributed by atoms with E-state index in [1.54, 1.807) is 11.3 Å². The van der Waals surface area contributed by atoms with E-state index in [9.17, 15) is 0 Å². The highest BCUT2D eigenvalue weighted by Crippen LogP contribution is 2.50. The van der Waals surface area contributed by atoms with Crippen molar-refractivity contribution in [1.29, 1.82) is 0 Å². The van der Waals surface area contributed by atoms with Gasteiger partial charge in [-0.1, -0.05) is 121 Å². The zero-order valence-corrected chi connectivity index (χ0v) is 29.8. The highest BCUT2D eigenvalue weighted by atomic mass is 35.5. The average Bonchev–Trinajstić information content (AvgIpc) is 3.88. The van der Waals surface area contributed by atoms with Crippen molar-refractivity contribution < 1.29 is 0 Å². The fourth-order valence-electron chi connectivity index (χ4n) is 8.62. The molecule has 0 aliphatic rings. The minimum absolute atomic E-state index is 0.257. The van der Waals surface area contributed by atoms with Crippen molar-refractivity contribution >= 4 is 129 Å². The number of hydrogen-bond donors (Lipinski definition) is 0. The van der Waals surface area contributed by atoms with Gasteiger partial charge in [0.2, 0.25) is 5.28 Å². The molecule has 0 saturated heterocycles. The maximum atomic E-state index is 6.69. The molecular formula is C46H24ClN3S2. The summed E-state index contributed by atoms with van der Waals surface area (Å²) in [4.78, 5) is 9.62. The molecule has 0 aliphatic carbocycles. The SMILES string of the molecule is Clc1nc(-c2ccc(-n3c4ccc5ccccc5c4c4c5ccccc5c5c6ccccc6sc5c43)c3ccccc23)c2sc3ccccc3c2n1. The van der Waals surface area contributed by atoms with E-state index in [4.69, 9.17) is 21.6 Å². The molecule has 12 aromatic rings. The molecule has 3 nitrogen and oxygen atoms in total. The van der Waals surface area contributed by atoms with Crippen LogP contribution in [0.2, 0.25) is 5.28 Å². The molecular weight excluding hydrogens is 694 g/mol. The lowest BCUT2D eigenvalue weighted by atomic mass is 9.97. The molecule has 0 unspecified atom stereocenters. The molecule has 0 spiro atoms. The van der Waals surface area contributed by atoms with Gasteiger partial charge in [0.1, 0.15) is 0 Å². The van der Waals surface area contributed by atoms with E-state index < -0.39 is 0 Å². The molecule has 4 heterocycles. The molecule has 0 bridgehead atoms. The van der Waals surface area contributed by atoms with E-state index in [1.807, 2.05) is 11.3 Å². The van der Waals surface area contributed by atoms with Crippen LogP contribution in [0.4, 0.5) is 0 Å². The highest BCUT2D eigenvalue weighted by molar-refractivity contribution is 7.27. The largest absolute Gasteiger partial charge is 0.307 e. The molecule has 0 aliphatic heterocycles. The summed E-state index contributed by atoms with van der Waals surface area (Å²) in [5.74, 6) is 0. The Kier molecular flexibility index (Phi) is 5.87. The summed E-state index contributed by atoms with van der Waals surface area (Å²) in [5.41, 5.74) is 6.39. The lowest BCUT2D eigenvalue weighted by Gasteiger charge is -2.15. The monoisotopic (exact) mass is 717 g/mol. The Labute approximate surface area is 309 Å². The Morgan fingerprint density at radius 1 is 0.462 bits per heavy atom. The van der Waals surface area contributed by atoms with Gasteiger partial charge in [0.25, 0.3) is 0 Å². The van der Waals surface area contributed by atoms with Gasteiger partial charge in [-0.15, -0.1) is 22.7 Å². The second-order valence-electron chi connectivity index (χ2n) is 13.4. The average molecular weight is 718 g/mol. The number of halogens is 1. The number of aromatic nitrogens is 3. The van der Waals surface area contributed by atoms with E-state index in [2.05, 4.69) is 150 Å². The fourth-order valence-corrected chi connectivity index (χ4v) is 11.2. The molecule has 6 heteroatoms. The van der Waals surface area contributed by atoms with E-state index in [0.717, 1.165) is 43.3 Å². The second kappa shape index (κ2) is 10.6. The van der Waals surface area contributed by atoms with Crippen LogP contribution in [0.15, 0.2) is 146 Å². The molecule has 12 rings (SSSR count). The number of fused-ring (bicyclic) bond motifs is 16. The number of hydrogen-bond acceptors (Lipinski definition) is 4. The van der Waals surface area contributed by atoms with Gasteiger partial charge in [0.15, 0.2) is 0 Å². The highest BCUT2D eigenvalue weighted by Gasteiger charge is 2.25. The van der Waals surface area contributed by atoms with Gasteiger partial charge in [-0.25, -0.2) is 9.97 Å². The standard InChI is InChI=1S/C46H24ClN3S2/c47-46-48-41(45-42(49-46)33-18-8-10-20-37(33)52-45)31-22-24-34(28-14-4-3-13-27(28)31)50-35-23-21-25-11-1-2-12-26(25)39(35)40-30-16-6-5-15-29(30)38-32-17-7-9-19-36(32)51-44(38)43(40)50/h1-24H. The van der Waals surface area contributed by atoms with E-state index in [-0.39, 0.29) is 5.28 Å². The maximum absolute atomic E-state index is 6.69. The van der Waals surface area contributed by atoms with Gasteiger partial charge < -0.3 is 4.57 Å². The van der Waals surface area contributed by atoms with Crippen LogP contribution < -0.4 is 0 Å². The third-order valence-electron chi connectivity index (χ3n) is 10.7. The summed E-state index contributed by atoms with van der Waals surface area (Å²) >= 11 is 10.3. The van der Waals surface area contributed by atoms with Crippen LogP contribution >= 0.6 is 34.3 Å². The van der Waals surface area contributed by atoms with Gasteiger partial charge in [-0.2, -0.15) is 0 Å². The first-order valence-corrected chi connectivity index (χ1v) is 19.3. The van der Waals surface area contributed by atoms with Crippen LogP contribution in [0.5, 0.6) is 0 Å². The lowest BCUT2D eigenvalue weighted by molar-refractivity contribution is 1.20. The summed E-state index contributed by atoms with van der Waals surface area (Å²) in [6.07, 6.45) is 0. The fraction of sp³-hybridized carbons (Fsp3) is 0. The van der Waals surface area contributed by atoms with Crippen molar-refractivity contribution in [3.8, 4) is 16.9 Å². The summed E-state index contributed by atoms with van der Waals surface area (Å²) in [6.45, 7) is 0. The number of thiophene rings is 2. The van der Waals surface area contributed by atoms with Crippen molar-refractivity contribution in [3.05, 3.63) is 151 Å². The van der Waals surface area contributed by atoms with Crippen LogP contribution in [-0.4, -0.2) is 14.5 Å². The topological polar surface area (TPSA) is 30.7 Å². The van der Waals surface area contributed by atoms with Crippen LogP contribution in [0.1, 0.15) is 0 Å². The van der Waals surface area contributed by atoms with Crippen molar-refractivity contribution in [1.82, 2.24) is 14.5 Å². The van der Waals surface area contributed by atoms with Crippen molar-refractivity contribution in [2.45, 2.75) is 0 Å². The zero-order chi connectivity index (χ0) is 34.1.